The summed E-state index contributed by atoms with van der Waals surface area (Å²) in [5, 5.41) is -0.465. The van der Waals surface area contributed by atoms with Crippen LogP contribution < -0.4 is 0 Å². The van der Waals surface area contributed by atoms with Crippen LogP contribution in [0.25, 0.3) is 0 Å². The van der Waals surface area contributed by atoms with E-state index in [1.807, 2.05) is 0 Å². The average molecular weight is 236 g/mol. The highest BCUT2D eigenvalue weighted by molar-refractivity contribution is 8.16. The summed E-state index contributed by atoms with van der Waals surface area (Å²) in [4.78, 5) is 31.9. The van der Waals surface area contributed by atoms with Crippen LogP contribution in [0.15, 0.2) is 0 Å². The number of thioether (sulfide) groups is 2. The van der Waals surface area contributed by atoms with Crippen molar-refractivity contribution in [3.63, 3.8) is 0 Å². The summed E-state index contributed by atoms with van der Waals surface area (Å²) < 4.78 is 4.81. The first-order chi connectivity index (χ1) is 6.40. The van der Waals surface area contributed by atoms with Gasteiger partial charge in [0.2, 0.25) is 0 Å². The van der Waals surface area contributed by atoms with Crippen molar-refractivity contribution >= 4 is 40.4 Å². The molecule has 1 atom stereocenters. The molecular weight excluding hydrogens is 224 g/mol. The molecule has 0 N–H and O–H groups in total. The van der Waals surface area contributed by atoms with E-state index in [0.29, 0.717) is 0 Å². The largest absolute Gasteiger partial charge is 0.432 e. The Morgan fingerprint density at radius 1 is 1.14 bits per heavy atom. The van der Waals surface area contributed by atoms with Crippen molar-refractivity contribution in [3.8, 4) is 0 Å². The Bertz CT molecular complexity index is 264. The number of Topliss-reactive ketones (excluding diaryl/α,β-unsaturated/α-hetero) is 1. The zero-order valence-electron chi connectivity index (χ0n) is 8.45. The van der Waals surface area contributed by atoms with Crippen LogP contribution in [0.1, 0.15) is 13.8 Å². The Hall–Kier alpha value is -0.490. The topological polar surface area (TPSA) is 60.4 Å². The van der Waals surface area contributed by atoms with Gasteiger partial charge in [0, 0.05) is 13.8 Å². The standard InChI is InChI=1S/C8H12O4S2/c1-5(9)8(14-4,7(11)13-3)12-6(2)10/h1-4H3. The van der Waals surface area contributed by atoms with Crippen LogP contribution in [0.2, 0.25) is 0 Å². The van der Waals surface area contributed by atoms with E-state index in [4.69, 9.17) is 4.74 Å². The molecule has 0 amide bonds. The van der Waals surface area contributed by atoms with Crippen LogP contribution in [-0.4, -0.2) is 34.3 Å². The molecule has 0 bridgehead atoms. The molecule has 4 nitrogen and oxygen atoms in total. The molecule has 0 aromatic rings. The Kier molecular flexibility index (Phi) is 5.22. The first kappa shape index (κ1) is 13.5. The third-order valence-electron chi connectivity index (χ3n) is 1.49. The van der Waals surface area contributed by atoms with Crippen molar-refractivity contribution in [2.75, 3.05) is 12.5 Å². The summed E-state index contributed by atoms with van der Waals surface area (Å²) >= 11 is 1.79. The minimum atomic E-state index is -1.68. The van der Waals surface area contributed by atoms with Gasteiger partial charge in [-0.15, -0.1) is 11.8 Å². The van der Waals surface area contributed by atoms with Crippen molar-refractivity contribution in [1.29, 1.82) is 0 Å². The first-order valence-electron chi connectivity index (χ1n) is 3.75. The van der Waals surface area contributed by atoms with Crippen molar-refractivity contribution < 1.29 is 19.1 Å². The third-order valence-corrected chi connectivity index (χ3v) is 3.41. The third kappa shape index (κ3) is 2.75. The highest BCUT2D eigenvalue weighted by atomic mass is 32.2. The molecule has 0 aliphatic rings. The number of carbonyl (C=O) groups is 3. The van der Waals surface area contributed by atoms with Gasteiger partial charge in [-0.3, -0.25) is 14.4 Å². The van der Waals surface area contributed by atoms with E-state index in [1.165, 1.54) is 13.8 Å². The number of hydrogen-bond donors (Lipinski definition) is 0. The maximum Gasteiger partial charge on any atom is 0.304 e. The van der Waals surface area contributed by atoms with E-state index in [0.717, 1.165) is 23.5 Å². The molecule has 0 heterocycles. The molecule has 0 fully saturated rings. The molecule has 0 saturated heterocycles. The molecule has 0 aliphatic carbocycles. The van der Waals surface area contributed by atoms with Gasteiger partial charge in [-0.05, 0) is 12.5 Å². The molecule has 0 saturated carbocycles. The molecule has 0 aliphatic heterocycles. The molecule has 6 heteroatoms. The summed E-state index contributed by atoms with van der Waals surface area (Å²) in [6.45, 7) is 2.40. The number of ether oxygens (including phenoxy) is 1. The van der Waals surface area contributed by atoms with Crippen LogP contribution in [0, 0.1) is 0 Å². The highest BCUT2D eigenvalue weighted by Gasteiger charge is 2.45. The molecule has 0 aromatic carbocycles. The normalized spacial score (nSPS) is 14.3. The fourth-order valence-electron chi connectivity index (χ4n) is 0.863. The maximum absolute atomic E-state index is 11.5. The average Bonchev–Trinajstić information content (AvgIpc) is 2.12. The predicted octanol–water partition coefficient (Wildman–Crippen LogP) is 1.09. The van der Waals surface area contributed by atoms with Crippen molar-refractivity contribution in [2.45, 2.75) is 18.8 Å². The highest BCUT2D eigenvalue weighted by Crippen LogP contribution is 2.30. The molecule has 80 valence electrons. The van der Waals surface area contributed by atoms with Gasteiger partial charge in [0.25, 0.3) is 10.0 Å². The molecule has 1 unspecified atom stereocenters. The fourth-order valence-corrected chi connectivity index (χ4v) is 2.47. The van der Waals surface area contributed by atoms with Gasteiger partial charge in [-0.2, -0.15) is 0 Å². The van der Waals surface area contributed by atoms with Crippen molar-refractivity contribution in [1.82, 2.24) is 0 Å². The second kappa shape index (κ2) is 5.41. The second-order valence-corrected chi connectivity index (χ2v) is 4.22. The SMILES string of the molecule is CSC(=O)C(OC(C)=O)(SC)C(C)=O. The lowest BCUT2D eigenvalue weighted by Gasteiger charge is -2.25. The molecular formula is C8H12O4S2. The van der Waals surface area contributed by atoms with E-state index in [9.17, 15) is 14.4 Å². The molecule has 0 spiro atoms. The minimum absolute atomic E-state index is 0.465. The van der Waals surface area contributed by atoms with E-state index in [2.05, 4.69) is 0 Å². The van der Waals surface area contributed by atoms with Gasteiger partial charge in [-0.25, -0.2) is 0 Å². The van der Waals surface area contributed by atoms with Gasteiger partial charge in [0.05, 0.1) is 0 Å². The van der Waals surface area contributed by atoms with Gasteiger partial charge < -0.3 is 4.74 Å². The van der Waals surface area contributed by atoms with E-state index in [1.54, 1.807) is 12.5 Å². The van der Waals surface area contributed by atoms with Crippen LogP contribution in [0.4, 0.5) is 0 Å². The van der Waals surface area contributed by atoms with E-state index in [-0.39, 0.29) is 0 Å². The first-order valence-corrected chi connectivity index (χ1v) is 6.19. The lowest BCUT2D eigenvalue weighted by atomic mass is 10.2. The summed E-state index contributed by atoms with van der Waals surface area (Å²) in [5.74, 6) is -1.11. The molecule has 0 aromatic heterocycles. The van der Waals surface area contributed by atoms with Gasteiger partial charge in [0.15, 0.2) is 5.78 Å². The summed E-state index contributed by atoms with van der Waals surface area (Å²) in [6.07, 6.45) is 3.10. The van der Waals surface area contributed by atoms with Crippen molar-refractivity contribution in [3.05, 3.63) is 0 Å². The number of rotatable bonds is 4. The molecule has 0 radical (unpaired) electrons. The second-order valence-electron chi connectivity index (χ2n) is 2.46. The number of esters is 1. The Morgan fingerprint density at radius 3 is 1.86 bits per heavy atom. The van der Waals surface area contributed by atoms with Crippen molar-refractivity contribution in [2.24, 2.45) is 0 Å². The summed E-state index contributed by atoms with van der Waals surface area (Å²) in [6, 6.07) is 0. The fraction of sp³-hybridized carbons (Fsp3) is 0.625. The van der Waals surface area contributed by atoms with E-state index < -0.39 is 21.8 Å². The van der Waals surface area contributed by atoms with Gasteiger partial charge in [-0.1, -0.05) is 11.8 Å². The van der Waals surface area contributed by atoms with Gasteiger partial charge >= 0.3 is 5.97 Å². The quantitative estimate of drug-likeness (QED) is 0.413. The Morgan fingerprint density at radius 2 is 1.64 bits per heavy atom. The zero-order chi connectivity index (χ0) is 11.4. The minimum Gasteiger partial charge on any atom is -0.432 e. The number of ketones is 1. The zero-order valence-corrected chi connectivity index (χ0v) is 10.1. The lowest BCUT2D eigenvalue weighted by Crippen LogP contribution is -2.44. The molecule has 14 heavy (non-hydrogen) atoms. The Labute approximate surface area is 91.1 Å². The maximum atomic E-state index is 11.5. The van der Waals surface area contributed by atoms with Crippen LogP contribution in [-0.2, 0) is 19.1 Å². The van der Waals surface area contributed by atoms with Crippen LogP contribution in [0.3, 0.4) is 0 Å². The summed E-state index contributed by atoms with van der Waals surface area (Å²) in [5.41, 5.74) is 0. The Balaban J connectivity index is 5.08. The number of carbonyl (C=O) groups excluding carboxylic acids is 3. The lowest BCUT2D eigenvalue weighted by molar-refractivity contribution is -0.158. The van der Waals surface area contributed by atoms with Crippen LogP contribution >= 0.6 is 23.5 Å². The van der Waals surface area contributed by atoms with Gasteiger partial charge in [0.1, 0.15) is 0 Å². The predicted molar refractivity (Wildman–Crippen MR) is 57.2 cm³/mol. The number of hydrogen-bond acceptors (Lipinski definition) is 6. The van der Waals surface area contributed by atoms with E-state index >= 15 is 0 Å². The molecule has 0 rings (SSSR count). The monoisotopic (exact) mass is 236 g/mol. The smallest absolute Gasteiger partial charge is 0.304 e. The van der Waals surface area contributed by atoms with Crippen LogP contribution in [0.5, 0.6) is 0 Å². The summed E-state index contributed by atoms with van der Waals surface area (Å²) in [7, 11) is 0.